The van der Waals surface area contributed by atoms with Crippen LogP contribution in [0.1, 0.15) is 63.9 Å². The fourth-order valence-electron chi connectivity index (χ4n) is 6.19. The Morgan fingerprint density at radius 3 is 2.32 bits per heavy atom. The van der Waals surface area contributed by atoms with Gasteiger partial charge in [0.25, 0.3) is 0 Å². The topological polar surface area (TPSA) is 95.9 Å². The van der Waals surface area contributed by atoms with E-state index in [0.717, 1.165) is 30.7 Å². The van der Waals surface area contributed by atoms with Crippen molar-refractivity contribution in [1.82, 2.24) is 14.7 Å². The minimum atomic E-state index is -0.592. The standard InChI is InChI=1S/C26H40ClN5O2/c1-3-24(33)32(20-10-4-17(2)5-11-20)21-12-13-30(14-21)25(34)23-16-31(26(28)29)15-22(23)18-6-8-19(27)9-7-18/h6-9,17,20-23,26H,3-5,10-16,28-29H2,1-2H3/t17?,20?,21-,22-,23+/m0/s1. The van der Waals surface area contributed by atoms with Crippen LogP contribution >= 0.6 is 11.6 Å². The number of hydrogen-bond acceptors (Lipinski definition) is 5. The lowest BCUT2D eigenvalue weighted by Gasteiger charge is -2.40. The van der Waals surface area contributed by atoms with Gasteiger partial charge in [-0.1, -0.05) is 37.6 Å². The highest BCUT2D eigenvalue weighted by atomic mass is 35.5. The molecule has 1 aromatic rings. The average Bonchev–Trinajstić information content (AvgIpc) is 3.49. The van der Waals surface area contributed by atoms with Crippen molar-refractivity contribution in [2.45, 2.75) is 76.7 Å². The van der Waals surface area contributed by atoms with E-state index in [4.69, 9.17) is 23.1 Å². The molecule has 3 aliphatic rings. The second kappa shape index (κ2) is 10.9. The summed E-state index contributed by atoms with van der Waals surface area (Å²) in [5.41, 5.74) is 13.1. The van der Waals surface area contributed by atoms with Gasteiger partial charge in [-0.25, -0.2) is 0 Å². The van der Waals surface area contributed by atoms with Crippen LogP contribution in [0.25, 0.3) is 0 Å². The van der Waals surface area contributed by atoms with Crippen LogP contribution in [0.3, 0.4) is 0 Å². The molecule has 1 saturated carbocycles. The number of likely N-dealkylation sites (tertiary alicyclic amines) is 2. The molecule has 4 rings (SSSR count). The van der Waals surface area contributed by atoms with Crippen molar-refractivity contribution in [3.8, 4) is 0 Å². The molecule has 2 aliphatic heterocycles. The molecule has 0 spiro atoms. The van der Waals surface area contributed by atoms with E-state index in [0.29, 0.717) is 43.7 Å². The summed E-state index contributed by atoms with van der Waals surface area (Å²) in [6.07, 6.45) is 5.26. The lowest BCUT2D eigenvalue weighted by molar-refractivity contribution is -0.139. The van der Waals surface area contributed by atoms with Gasteiger partial charge in [0.15, 0.2) is 0 Å². The second-order valence-electron chi connectivity index (χ2n) is 10.5. The molecule has 7 nitrogen and oxygen atoms in total. The molecule has 0 unspecified atom stereocenters. The van der Waals surface area contributed by atoms with E-state index in [9.17, 15) is 9.59 Å². The Hall–Kier alpha value is -1.67. The van der Waals surface area contributed by atoms with Gasteiger partial charge in [-0.15, -0.1) is 0 Å². The highest BCUT2D eigenvalue weighted by Crippen LogP contribution is 2.36. The molecular formula is C26H40ClN5O2. The van der Waals surface area contributed by atoms with E-state index in [1.165, 1.54) is 12.8 Å². The number of carbonyl (C=O) groups excluding carboxylic acids is 2. The summed E-state index contributed by atoms with van der Waals surface area (Å²) in [4.78, 5) is 32.9. The van der Waals surface area contributed by atoms with Gasteiger partial charge in [0.05, 0.1) is 12.0 Å². The van der Waals surface area contributed by atoms with Gasteiger partial charge in [-0.3, -0.25) is 14.5 Å². The first-order valence-corrected chi connectivity index (χ1v) is 13.3. The van der Waals surface area contributed by atoms with Crippen LogP contribution in [0.2, 0.25) is 5.02 Å². The maximum Gasteiger partial charge on any atom is 0.227 e. The Morgan fingerprint density at radius 1 is 1.03 bits per heavy atom. The molecule has 3 atom stereocenters. The lowest BCUT2D eigenvalue weighted by Crippen LogP contribution is -2.50. The normalized spacial score (nSPS) is 30.2. The molecule has 34 heavy (non-hydrogen) atoms. The number of amides is 2. The zero-order valence-corrected chi connectivity index (χ0v) is 21.3. The molecule has 3 fully saturated rings. The first-order valence-electron chi connectivity index (χ1n) is 12.9. The number of nitrogens with zero attached hydrogens (tertiary/aromatic N) is 3. The summed E-state index contributed by atoms with van der Waals surface area (Å²) in [5.74, 6) is 0.915. The van der Waals surface area contributed by atoms with Crippen molar-refractivity contribution in [2.75, 3.05) is 26.2 Å². The fourth-order valence-corrected chi connectivity index (χ4v) is 6.31. The summed E-state index contributed by atoms with van der Waals surface area (Å²) in [6, 6.07) is 8.15. The van der Waals surface area contributed by atoms with Crippen LogP contribution in [0.15, 0.2) is 24.3 Å². The first-order chi connectivity index (χ1) is 16.3. The SMILES string of the molecule is CCC(=O)N(C1CCC(C)CC1)[C@H]1CCN(C(=O)[C@@H]2CN(C(N)N)C[C@H]2c2ccc(Cl)cc2)C1. The molecule has 4 N–H and O–H groups in total. The van der Waals surface area contributed by atoms with Crippen molar-refractivity contribution in [3.05, 3.63) is 34.9 Å². The van der Waals surface area contributed by atoms with E-state index < -0.39 is 6.29 Å². The summed E-state index contributed by atoms with van der Waals surface area (Å²) in [5, 5.41) is 0.678. The van der Waals surface area contributed by atoms with Gasteiger partial charge in [0.2, 0.25) is 11.8 Å². The number of rotatable bonds is 6. The molecule has 8 heteroatoms. The van der Waals surface area contributed by atoms with Crippen molar-refractivity contribution in [1.29, 1.82) is 0 Å². The summed E-state index contributed by atoms with van der Waals surface area (Å²) >= 11 is 6.10. The number of hydrogen-bond donors (Lipinski definition) is 2. The fraction of sp³-hybridized carbons (Fsp3) is 0.692. The zero-order chi connectivity index (χ0) is 24.4. The number of benzene rings is 1. The van der Waals surface area contributed by atoms with Gasteiger partial charge in [-0.2, -0.15) is 0 Å². The van der Waals surface area contributed by atoms with Crippen LogP contribution in [-0.2, 0) is 9.59 Å². The van der Waals surface area contributed by atoms with Crippen LogP contribution < -0.4 is 11.5 Å². The Bertz CT molecular complexity index is 855. The minimum Gasteiger partial charge on any atom is -0.340 e. The molecule has 1 aromatic carbocycles. The highest BCUT2D eigenvalue weighted by Gasteiger charge is 2.44. The molecular weight excluding hydrogens is 450 g/mol. The van der Waals surface area contributed by atoms with Crippen LogP contribution in [-0.4, -0.2) is 71.1 Å². The second-order valence-corrected chi connectivity index (χ2v) is 10.9. The maximum absolute atomic E-state index is 13.8. The summed E-state index contributed by atoms with van der Waals surface area (Å²) < 4.78 is 0. The van der Waals surface area contributed by atoms with Crippen molar-refractivity contribution >= 4 is 23.4 Å². The van der Waals surface area contributed by atoms with E-state index in [1.807, 2.05) is 41.0 Å². The van der Waals surface area contributed by atoms with E-state index in [2.05, 4.69) is 11.8 Å². The molecule has 2 amide bonds. The Kier molecular flexibility index (Phi) is 8.18. The highest BCUT2D eigenvalue weighted by molar-refractivity contribution is 6.30. The molecule has 2 heterocycles. The van der Waals surface area contributed by atoms with E-state index in [1.54, 1.807) is 0 Å². The van der Waals surface area contributed by atoms with Gasteiger partial charge in [0, 0.05) is 49.6 Å². The molecule has 0 radical (unpaired) electrons. The lowest BCUT2D eigenvalue weighted by atomic mass is 9.85. The van der Waals surface area contributed by atoms with Gasteiger partial charge in [-0.05, 0) is 55.7 Å². The smallest absolute Gasteiger partial charge is 0.227 e. The maximum atomic E-state index is 13.8. The third-order valence-corrected chi connectivity index (χ3v) is 8.47. The first kappa shape index (κ1) is 25.4. The number of halogens is 1. The molecule has 0 bridgehead atoms. The molecule has 188 valence electrons. The monoisotopic (exact) mass is 489 g/mol. The Labute approximate surface area is 208 Å². The van der Waals surface area contributed by atoms with Gasteiger partial charge in [0.1, 0.15) is 6.29 Å². The average molecular weight is 490 g/mol. The Balaban J connectivity index is 1.48. The van der Waals surface area contributed by atoms with E-state index in [-0.39, 0.29) is 29.7 Å². The molecule has 0 aromatic heterocycles. The minimum absolute atomic E-state index is 0.0200. The summed E-state index contributed by atoms with van der Waals surface area (Å²) in [7, 11) is 0. The van der Waals surface area contributed by atoms with Gasteiger partial charge >= 0.3 is 0 Å². The predicted molar refractivity (Wildman–Crippen MR) is 135 cm³/mol. The zero-order valence-electron chi connectivity index (χ0n) is 20.5. The van der Waals surface area contributed by atoms with Crippen LogP contribution in [0.5, 0.6) is 0 Å². The largest absolute Gasteiger partial charge is 0.340 e. The molecule has 2 saturated heterocycles. The number of carbonyl (C=O) groups is 2. The quantitative estimate of drug-likeness (QED) is 0.599. The third kappa shape index (κ3) is 5.43. The van der Waals surface area contributed by atoms with Crippen LogP contribution in [0.4, 0.5) is 0 Å². The van der Waals surface area contributed by atoms with Gasteiger partial charge < -0.3 is 21.3 Å². The number of nitrogens with two attached hydrogens (primary N) is 2. The predicted octanol–water partition coefficient (Wildman–Crippen LogP) is 2.97. The summed E-state index contributed by atoms with van der Waals surface area (Å²) in [6.45, 7) is 6.75. The van der Waals surface area contributed by atoms with E-state index >= 15 is 0 Å². The van der Waals surface area contributed by atoms with Crippen molar-refractivity contribution in [2.24, 2.45) is 23.3 Å². The molecule has 1 aliphatic carbocycles. The third-order valence-electron chi connectivity index (χ3n) is 8.22. The van der Waals surface area contributed by atoms with Crippen molar-refractivity contribution < 1.29 is 9.59 Å². The van der Waals surface area contributed by atoms with Crippen molar-refractivity contribution in [3.63, 3.8) is 0 Å². The van der Waals surface area contributed by atoms with Crippen LogP contribution in [0, 0.1) is 11.8 Å². The Morgan fingerprint density at radius 2 is 1.71 bits per heavy atom.